The number of anilines is 1. The van der Waals surface area contributed by atoms with Crippen LogP contribution in [0.15, 0.2) is 57.9 Å². The number of carbonyl (C=O) groups is 1. The Hall–Kier alpha value is -2.86. The third-order valence-electron chi connectivity index (χ3n) is 3.41. The maximum atomic E-state index is 12.2. The van der Waals surface area contributed by atoms with Gasteiger partial charge >= 0.3 is 0 Å². The highest BCUT2D eigenvalue weighted by molar-refractivity contribution is 6.31. The van der Waals surface area contributed by atoms with Gasteiger partial charge in [-0.15, -0.1) is 0 Å². The molecule has 0 radical (unpaired) electrons. The first-order chi connectivity index (χ1) is 11.5. The van der Waals surface area contributed by atoms with Crippen LogP contribution >= 0.6 is 11.6 Å². The molecular formula is C17H14ClN3O3. The molecule has 0 aliphatic heterocycles. The van der Waals surface area contributed by atoms with E-state index in [9.17, 15) is 9.59 Å². The lowest BCUT2D eigenvalue weighted by atomic mass is 10.2. The molecule has 24 heavy (non-hydrogen) atoms. The van der Waals surface area contributed by atoms with E-state index in [1.165, 1.54) is 12.3 Å². The SMILES string of the molecule is Cc1ccc(Cl)cc1NC(=O)Cn1nc(-c2ccco2)ccc1=O. The van der Waals surface area contributed by atoms with Gasteiger partial charge in [-0.1, -0.05) is 17.7 Å². The van der Waals surface area contributed by atoms with E-state index in [4.69, 9.17) is 16.0 Å². The number of nitrogens with one attached hydrogen (secondary N) is 1. The van der Waals surface area contributed by atoms with Crippen LogP contribution in [0, 0.1) is 6.92 Å². The van der Waals surface area contributed by atoms with E-state index in [-0.39, 0.29) is 18.0 Å². The monoisotopic (exact) mass is 343 g/mol. The van der Waals surface area contributed by atoms with Gasteiger partial charge in [0.05, 0.1) is 6.26 Å². The molecule has 1 N–H and O–H groups in total. The zero-order valence-corrected chi connectivity index (χ0v) is 13.6. The quantitative estimate of drug-likeness (QED) is 0.789. The van der Waals surface area contributed by atoms with E-state index in [1.807, 2.05) is 6.92 Å². The maximum Gasteiger partial charge on any atom is 0.267 e. The average Bonchev–Trinajstić information content (AvgIpc) is 3.07. The van der Waals surface area contributed by atoms with Crippen molar-refractivity contribution in [3.63, 3.8) is 0 Å². The average molecular weight is 344 g/mol. The Labute approximate surface area is 142 Å². The summed E-state index contributed by atoms with van der Waals surface area (Å²) in [6, 6.07) is 11.6. The summed E-state index contributed by atoms with van der Waals surface area (Å²) in [6.45, 7) is 1.65. The van der Waals surface area contributed by atoms with Gasteiger partial charge in [0.1, 0.15) is 12.2 Å². The van der Waals surface area contributed by atoms with Crippen molar-refractivity contribution in [3.8, 4) is 11.5 Å². The molecule has 0 saturated heterocycles. The minimum Gasteiger partial charge on any atom is -0.463 e. The van der Waals surface area contributed by atoms with Crippen molar-refractivity contribution >= 4 is 23.2 Å². The third kappa shape index (κ3) is 3.55. The van der Waals surface area contributed by atoms with Crippen molar-refractivity contribution in [3.05, 3.63) is 69.7 Å². The van der Waals surface area contributed by atoms with Crippen LogP contribution in [0.3, 0.4) is 0 Å². The summed E-state index contributed by atoms with van der Waals surface area (Å²) >= 11 is 5.93. The first kappa shape index (κ1) is 16.0. The molecule has 0 fully saturated rings. The molecule has 0 saturated carbocycles. The third-order valence-corrected chi connectivity index (χ3v) is 3.64. The molecule has 2 aromatic heterocycles. The molecule has 6 nitrogen and oxygen atoms in total. The van der Waals surface area contributed by atoms with Gasteiger partial charge in [0.15, 0.2) is 5.76 Å². The van der Waals surface area contributed by atoms with Gasteiger partial charge in [-0.2, -0.15) is 5.10 Å². The Kier molecular flexibility index (Phi) is 4.48. The van der Waals surface area contributed by atoms with Crippen LogP contribution in [0.1, 0.15) is 5.56 Å². The maximum absolute atomic E-state index is 12.2. The van der Waals surface area contributed by atoms with Gasteiger partial charge in [0.2, 0.25) is 5.91 Å². The minimum atomic E-state index is -0.372. The summed E-state index contributed by atoms with van der Waals surface area (Å²) in [5.74, 6) is 0.154. The fourth-order valence-corrected chi connectivity index (χ4v) is 2.34. The highest BCUT2D eigenvalue weighted by Gasteiger charge is 2.10. The number of benzene rings is 1. The number of aromatic nitrogens is 2. The Morgan fingerprint density at radius 1 is 1.29 bits per heavy atom. The van der Waals surface area contributed by atoms with E-state index < -0.39 is 0 Å². The molecule has 0 spiro atoms. The van der Waals surface area contributed by atoms with Crippen LogP contribution in [-0.4, -0.2) is 15.7 Å². The molecule has 0 aliphatic carbocycles. The summed E-state index contributed by atoms with van der Waals surface area (Å²) in [5, 5.41) is 7.41. The van der Waals surface area contributed by atoms with Crippen LogP contribution in [0.2, 0.25) is 5.02 Å². The molecular weight excluding hydrogens is 330 g/mol. The largest absolute Gasteiger partial charge is 0.463 e. The summed E-state index contributed by atoms with van der Waals surface area (Å²) in [4.78, 5) is 24.1. The molecule has 1 aromatic carbocycles. The van der Waals surface area contributed by atoms with Crippen molar-refractivity contribution in [2.45, 2.75) is 13.5 Å². The van der Waals surface area contributed by atoms with E-state index in [1.54, 1.807) is 36.4 Å². The van der Waals surface area contributed by atoms with Crippen molar-refractivity contribution < 1.29 is 9.21 Å². The summed E-state index contributed by atoms with van der Waals surface area (Å²) in [6.07, 6.45) is 1.51. The number of carbonyl (C=O) groups excluding carboxylic acids is 1. The van der Waals surface area contributed by atoms with Crippen molar-refractivity contribution in [2.24, 2.45) is 0 Å². The van der Waals surface area contributed by atoms with E-state index >= 15 is 0 Å². The lowest BCUT2D eigenvalue weighted by Gasteiger charge is -2.10. The van der Waals surface area contributed by atoms with Crippen LogP contribution in [0.5, 0.6) is 0 Å². The van der Waals surface area contributed by atoms with E-state index in [0.29, 0.717) is 22.2 Å². The molecule has 0 aliphatic rings. The van der Waals surface area contributed by atoms with Crippen molar-refractivity contribution in [2.75, 3.05) is 5.32 Å². The summed E-state index contributed by atoms with van der Waals surface area (Å²) in [7, 11) is 0. The van der Waals surface area contributed by atoms with Crippen LogP contribution < -0.4 is 10.9 Å². The van der Waals surface area contributed by atoms with Crippen molar-refractivity contribution in [1.29, 1.82) is 0 Å². The predicted octanol–water partition coefficient (Wildman–Crippen LogP) is 3.10. The molecule has 0 atom stereocenters. The van der Waals surface area contributed by atoms with Gasteiger partial charge < -0.3 is 9.73 Å². The normalized spacial score (nSPS) is 10.6. The molecule has 1 amide bonds. The molecule has 0 bridgehead atoms. The van der Waals surface area contributed by atoms with Gasteiger partial charge in [-0.25, -0.2) is 4.68 Å². The standard InChI is InChI=1S/C17H14ClN3O3/c1-11-4-5-12(18)9-14(11)19-16(22)10-21-17(23)7-6-13(20-21)15-3-2-8-24-15/h2-9H,10H2,1H3,(H,19,22). The Bertz CT molecular complexity index is 933. The lowest BCUT2D eigenvalue weighted by Crippen LogP contribution is -2.29. The minimum absolute atomic E-state index is 0.209. The number of rotatable bonds is 4. The number of nitrogens with zero attached hydrogens (tertiary/aromatic N) is 2. The van der Waals surface area contributed by atoms with E-state index in [0.717, 1.165) is 10.2 Å². The Balaban J connectivity index is 1.80. The first-order valence-corrected chi connectivity index (χ1v) is 7.59. The Morgan fingerprint density at radius 2 is 2.12 bits per heavy atom. The lowest BCUT2D eigenvalue weighted by molar-refractivity contribution is -0.117. The second-order valence-corrected chi connectivity index (χ2v) is 5.64. The molecule has 0 unspecified atom stereocenters. The summed E-state index contributed by atoms with van der Waals surface area (Å²) in [5.41, 5.74) is 1.58. The number of amides is 1. The molecule has 3 aromatic rings. The Morgan fingerprint density at radius 3 is 2.88 bits per heavy atom. The van der Waals surface area contributed by atoms with Crippen LogP contribution in [-0.2, 0) is 11.3 Å². The summed E-state index contributed by atoms with van der Waals surface area (Å²) < 4.78 is 6.34. The highest BCUT2D eigenvalue weighted by Crippen LogP contribution is 2.20. The van der Waals surface area contributed by atoms with E-state index in [2.05, 4.69) is 10.4 Å². The van der Waals surface area contributed by atoms with Crippen LogP contribution in [0.25, 0.3) is 11.5 Å². The smallest absolute Gasteiger partial charge is 0.267 e. The van der Waals surface area contributed by atoms with Gasteiger partial charge in [0, 0.05) is 16.8 Å². The topological polar surface area (TPSA) is 77.1 Å². The second-order valence-electron chi connectivity index (χ2n) is 5.20. The van der Waals surface area contributed by atoms with Gasteiger partial charge in [0.25, 0.3) is 5.56 Å². The first-order valence-electron chi connectivity index (χ1n) is 7.21. The number of halogens is 1. The predicted molar refractivity (Wildman–Crippen MR) is 91.0 cm³/mol. The zero-order chi connectivity index (χ0) is 17.1. The number of aryl methyl sites for hydroxylation is 1. The fourth-order valence-electron chi connectivity index (χ4n) is 2.17. The molecule has 2 heterocycles. The fraction of sp³-hybridized carbons (Fsp3) is 0.118. The van der Waals surface area contributed by atoms with Gasteiger partial charge in [-0.05, 0) is 42.8 Å². The van der Waals surface area contributed by atoms with Crippen molar-refractivity contribution in [1.82, 2.24) is 9.78 Å². The number of furan rings is 1. The van der Waals surface area contributed by atoms with Gasteiger partial charge in [-0.3, -0.25) is 9.59 Å². The molecule has 7 heteroatoms. The molecule has 3 rings (SSSR count). The number of hydrogen-bond acceptors (Lipinski definition) is 4. The second kappa shape index (κ2) is 6.72. The zero-order valence-electron chi connectivity index (χ0n) is 12.8. The van der Waals surface area contributed by atoms with Crippen LogP contribution in [0.4, 0.5) is 5.69 Å². The number of hydrogen-bond donors (Lipinski definition) is 1. The molecule has 122 valence electrons. The highest BCUT2D eigenvalue weighted by atomic mass is 35.5.